The Bertz CT molecular complexity index is 876. The van der Waals surface area contributed by atoms with Crippen LogP contribution in [0.3, 0.4) is 0 Å². The predicted octanol–water partition coefficient (Wildman–Crippen LogP) is 1.50. The van der Waals surface area contributed by atoms with Crippen LogP contribution in [-0.2, 0) is 20.8 Å². The molecule has 10 nitrogen and oxygen atoms in total. The first-order valence-electron chi connectivity index (χ1n) is 8.60. The Morgan fingerprint density at radius 3 is 1.90 bits per heavy atom. The normalized spacial score (nSPS) is 10.8. The van der Waals surface area contributed by atoms with Gasteiger partial charge in [-0.1, -0.05) is 12.1 Å². The van der Waals surface area contributed by atoms with E-state index in [4.69, 9.17) is 30.9 Å². The van der Waals surface area contributed by atoms with Crippen LogP contribution < -0.4 is 10.5 Å². The lowest BCUT2D eigenvalue weighted by Crippen LogP contribution is -2.32. The molecule has 1 unspecified atom stereocenters. The number of carboxylic acid groups (broad SMARTS) is 3. The zero-order chi connectivity index (χ0) is 22.7. The van der Waals surface area contributed by atoms with Crippen LogP contribution in [0.1, 0.15) is 28.8 Å². The second-order valence-electron chi connectivity index (χ2n) is 6.01. The van der Waals surface area contributed by atoms with Crippen LogP contribution in [0, 0.1) is 0 Å². The Morgan fingerprint density at radius 1 is 0.867 bits per heavy atom. The van der Waals surface area contributed by atoms with E-state index in [1.807, 2.05) is 0 Å². The number of aliphatic carboxylic acids is 2. The molecule has 0 amide bonds. The van der Waals surface area contributed by atoms with Crippen molar-refractivity contribution in [1.29, 1.82) is 0 Å². The van der Waals surface area contributed by atoms with Crippen LogP contribution in [0.2, 0.25) is 0 Å². The summed E-state index contributed by atoms with van der Waals surface area (Å²) in [6.07, 6.45) is -0.325. The highest BCUT2D eigenvalue weighted by Crippen LogP contribution is 2.14. The summed E-state index contributed by atoms with van der Waals surface area (Å²) >= 11 is 0. The molecule has 0 fully saturated rings. The Kier molecular flexibility index (Phi) is 9.50. The fraction of sp³-hybridized carbons (Fsp3) is 0.200. The monoisotopic (exact) mass is 419 g/mol. The summed E-state index contributed by atoms with van der Waals surface area (Å²) in [4.78, 5) is 42.4. The number of nitrogens with two attached hydrogens (primary N) is 1. The topological polar surface area (TPSA) is 184 Å². The van der Waals surface area contributed by atoms with Crippen molar-refractivity contribution in [3.8, 4) is 11.5 Å². The van der Waals surface area contributed by atoms with E-state index in [2.05, 4.69) is 0 Å². The van der Waals surface area contributed by atoms with Crippen LogP contribution in [-0.4, -0.2) is 50.3 Å². The zero-order valence-electron chi connectivity index (χ0n) is 15.7. The van der Waals surface area contributed by atoms with Gasteiger partial charge in [-0.05, 0) is 48.4 Å². The zero-order valence-corrected chi connectivity index (χ0v) is 15.7. The van der Waals surface area contributed by atoms with Crippen molar-refractivity contribution in [2.45, 2.75) is 25.3 Å². The molecule has 30 heavy (non-hydrogen) atoms. The van der Waals surface area contributed by atoms with Gasteiger partial charge in [-0.2, -0.15) is 0 Å². The van der Waals surface area contributed by atoms with Gasteiger partial charge < -0.3 is 30.9 Å². The van der Waals surface area contributed by atoms with Gasteiger partial charge in [-0.3, -0.25) is 14.4 Å². The molecular formula is C20H21NO9. The van der Waals surface area contributed by atoms with Crippen LogP contribution in [0.15, 0.2) is 48.5 Å². The molecule has 10 heteroatoms. The number of ether oxygens (including phenoxy) is 1. The Labute approximate surface area is 171 Å². The van der Waals surface area contributed by atoms with Gasteiger partial charge in [0, 0.05) is 0 Å². The van der Waals surface area contributed by atoms with Crippen molar-refractivity contribution in [3.05, 3.63) is 59.7 Å². The van der Waals surface area contributed by atoms with E-state index in [0.29, 0.717) is 5.56 Å². The first-order chi connectivity index (χ1) is 14.1. The maximum atomic E-state index is 11.3. The van der Waals surface area contributed by atoms with Gasteiger partial charge >= 0.3 is 23.9 Å². The lowest BCUT2D eigenvalue weighted by molar-refractivity contribution is -0.142. The second kappa shape index (κ2) is 11.8. The van der Waals surface area contributed by atoms with E-state index < -0.39 is 29.9 Å². The molecule has 6 N–H and O–H groups in total. The van der Waals surface area contributed by atoms with Gasteiger partial charge in [-0.25, -0.2) is 4.79 Å². The highest BCUT2D eigenvalue weighted by Gasteiger charge is 2.12. The van der Waals surface area contributed by atoms with Gasteiger partial charge in [0.2, 0.25) is 0 Å². The Balaban J connectivity index is 0.000000375. The number of benzene rings is 2. The number of esters is 1. The standard InChI is InChI=1S/C13H15NO6.C7H6O3/c14-10(13(18)19)7-8-1-3-9(4-2-8)20-12(17)6-5-11(15)16;8-6-3-1-5(2-4-6)7(9)10/h1-4,10H,5-7,14H2,(H,15,16)(H,18,19);1-4,8H,(H,9,10). The fourth-order valence-corrected chi connectivity index (χ4v) is 2.03. The second-order valence-corrected chi connectivity index (χ2v) is 6.01. The van der Waals surface area contributed by atoms with Crippen molar-refractivity contribution < 1.29 is 44.3 Å². The summed E-state index contributed by atoms with van der Waals surface area (Å²) in [7, 11) is 0. The number of phenols is 1. The maximum Gasteiger partial charge on any atom is 0.335 e. The summed E-state index contributed by atoms with van der Waals surface area (Å²) in [5.41, 5.74) is 6.27. The number of carbonyl (C=O) groups is 4. The number of carbonyl (C=O) groups excluding carboxylic acids is 1. The molecule has 0 heterocycles. The summed E-state index contributed by atoms with van der Waals surface area (Å²) < 4.78 is 4.92. The quantitative estimate of drug-likeness (QED) is 0.310. The Hall–Kier alpha value is -3.92. The largest absolute Gasteiger partial charge is 0.508 e. The highest BCUT2D eigenvalue weighted by molar-refractivity contribution is 5.87. The molecule has 160 valence electrons. The maximum absolute atomic E-state index is 11.3. The van der Waals surface area contributed by atoms with E-state index in [0.717, 1.165) is 0 Å². The molecule has 0 aliphatic rings. The summed E-state index contributed by atoms with van der Waals surface area (Å²) in [5.74, 6) is -3.44. The number of hydrogen-bond donors (Lipinski definition) is 5. The number of carboxylic acids is 3. The molecule has 2 rings (SSSR count). The smallest absolute Gasteiger partial charge is 0.335 e. The van der Waals surface area contributed by atoms with E-state index in [1.165, 1.54) is 36.4 Å². The lowest BCUT2D eigenvalue weighted by atomic mass is 10.1. The molecule has 0 spiro atoms. The van der Waals surface area contributed by atoms with E-state index >= 15 is 0 Å². The van der Waals surface area contributed by atoms with Crippen molar-refractivity contribution in [3.63, 3.8) is 0 Å². The lowest BCUT2D eigenvalue weighted by Gasteiger charge is -2.07. The first kappa shape index (κ1) is 24.1. The van der Waals surface area contributed by atoms with Crippen molar-refractivity contribution in [2.24, 2.45) is 5.73 Å². The van der Waals surface area contributed by atoms with Gasteiger partial charge in [0.15, 0.2) is 0 Å². The molecule has 0 saturated heterocycles. The molecule has 0 saturated carbocycles. The van der Waals surface area contributed by atoms with E-state index in [1.54, 1.807) is 12.1 Å². The molecule has 1 atom stereocenters. The van der Waals surface area contributed by atoms with E-state index in [-0.39, 0.29) is 36.3 Å². The molecule has 0 radical (unpaired) electrons. The predicted molar refractivity (Wildman–Crippen MR) is 103 cm³/mol. The minimum Gasteiger partial charge on any atom is -0.508 e. The van der Waals surface area contributed by atoms with Crippen LogP contribution in [0.4, 0.5) is 0 Å². The molecule has 0 bridgehead atoms. The number of aromatic hydroxyl groups is 1. The summed E-state index contributed by atoms with van der Waals surface area (Å²) in [6.45, 7) is 0. The third kappa shape index (κ3) is 9.33. The van der Waals surface area contributed by atoms with Gasteiger partial charge in [0.1, 0.15) is 17.5 Å². The molecular weight excluding hydrogens is 398 g/mol. The SMILES string of the molecule is NC(Cc1ccc(OC(=O)CCC(=O)O)cc1)C(=O)O.O=C(O)c1ccc(O)cc1. The third-order valence-corrected chi connectivity index (χ3v) is 3.59. The highest BCUT2D eigenvalue weighted by atomic mass is 16.5. The van der Waals surface area contributed by atoms with Crippen molar-refractivity contribution >= 4 is 23.9 Å². The summed E-state index contributed by atoms with van der Waals surface area (Å²) in [5, 5.41) is 34.2. The van der Waals surface area contributed by atoms with Gasteiger partial charge in [0.25, 0.3) is 0 Å². The summed E-state index contributed by atoms with van der Waals surface area (Å²) in [6, 6.07) is 10.6. The van der Waals surface area contributed by atoms with Gasteiger partial charge in [0.05, 0.1) is 18.4 Å². The van der Waals surface area contributed by atoms with Gasteiger partial charge in [-0.15, -0.1) is 0 Å². The number of phenolic OH excluding ortho intramolecular Hbond substituents is 1. The Morgan fingerprint density at radius 2 is 1.43 bits per heavy atom. The van der Waals surface area contributed by atoms with Crippen LogP contribution in [0.5, 0.6) is 11.5 Å². The molecule has 2 aromatic rings. The third-order valence-electron chi connectivity index (χ3n) is 3.59. The number of aromatic carboxylic acids is 1. The van der Waals surface area contributed by atoms with Crippen molar-refractivity contribution in [2.75, 3.05) is 0 Å². The van der Waals surface area contributed by atoms with Crippen LogP contribution in [0.25, 0.3) is 0 Å². The minimum atomic E-state index is -1.09. The van der Waals surface area contributed by atoms with Crippen LogP contribution >= 0.6 is 0 Å². The average Bonchev–Trinajstić information content (AvgIpc) is 2.68. The molecule has 0 aromatic heterocycles. The number of rotatable bonds is 8. The first-order valence-corrected chi connectivity index (χ1v) is 8.60. The molecule has 0 aliphatic carbocycles. The van der Waals surface area contributed by atoms with E-state index in [9.17, 15) is 19.2 Å². The molecule has 0 aliphatic heterocycles. The minimum absolute atomic E-state index is 0.0741. The van der Waals surface area contributed by atoms with Crippen molar-refractivity contribution in [1.82, 2.24) is 0 Å². The number of hydrogen-bond acceptors (Lipinski definition) is 7. The fourth-order valence-electron chi connectivity index (χ4n) is 2.03. The molecule has 2 aromatic carbocycles. The average molecular weight is 419 g/mol.